The maximum atomic E-state index is 11.9. The number of benzene rings is 1. The van der Waals surface area contributed by atoms with Crippen molar-refractivity contribution in [2.24, 2.45) is 0 Å². The van der Waals surface area contributed by atoms with Crippen LogP contribution in [0.2, 0.25) is 0 Å². The molecule has 0 aromatic heterocycles. The van der Waals surface area contributed by atoms with E-state index < -0.39 is 0 Å². The molecule has 2 rings (SSSR count). The third-order valence-electron chi connectivity index (χ3n) is 3.37. The van der Waals surface area contributed by atoms with Crippen molar-refractivity contribution in [3.63, 3.8) is 0 Å². The number of rotatable bonds is 5. The Morgan fingerprint density at radius 3 is 2.57 bits per heavy atom. The number of amides is 2. The van der Waals surface area contributed by atoms with Crippen molar-refractivity contribution in [3.8, 4) is 11.8 Å². The second-order valence-electron chi connectivity index (χ2n) is 4.68. The van der Waals surface area contributed by atoms with Crippen molar-refractivity contribution in [3.05, 3.63) is 29.8 Å². The number of carbonyl (C=O) groups excluding carboxylic acids is 2. The normalized spacial score (nSPS) is 15.0. The largest absolute Gasteiger partial charge is 0.490 e. The number of hydrogen-bond acceptors (Lipinski definition) is 4. The van der Waals surface area contributed by atoms with E-state index in [0.29, 0.717) is 24.4 Å². The van der Waals surface area contributed by atoms with E-state index in [-0.39, 0.29) is 31.5 Å². The molecule has 0 N–H and O–H groups in total. The molecule has 1 fully saturated rings. The van der Waals surface area contributed by atoms with Gasteiger partial charge in [-0.25, -0.2) is 0 Å². The Morgan fingerprint density at radius 1 is 1.19 bits per heavy atom. The molecule has 0 unspecified atom stereocenters. The van der Waals surface area contributed by atoms with Crippen LogP contribution >= 0.6 is 0 Å². The number of para-hydroxylation sites is 1. The molecule has 1 aromatic rings. The van der Waals surface area contributed by atoms with E-state index >= 15 is 0 Å². The van der Waals surface area contributed by atoms with E-state index in [1.54, 1.807) is 24.3 Å². The number of hydrogen-bond donors (Lipinski definition) is 0. The molecule has 1 heterocycles. The van der Waals surface area contributed by atoms with Gasteiger partial charge in [-0.1, -0.05) is 12.1 Å². The molecule has 21 heavy (non-hydrogen) atoms. The maximum Gasteiger partial charge on any atom is 0.242 e. The van der Waals surface area contributed by atoms with Gasteiger partial charge in [0.25, 0.3) is 0 Å². The fraction of sp³-hybridized carbons (Fsp3) is 0.400. The summed E-state index contributed by atoms with van der Waals surface area (Å²) in [6, 6.07) is 8.97. The van der Waals surface area contributed by atoms with Crippen LogP contribution in [0.3, 0.4) is 0 Å². The van der Waals surface area contributed by atoms with Gasteiger partial charge in [-0.2, -0.15) is 5.26 Å². The zero-order valence-electron chi connectivity index (χ0n) is 11.9. The number of piperazine rings is 1. The Kier molecular flexibility index (Phi) is 4.77. The summed E-state index contributed by atoms with van der Waals surface area (Å²) in [5, 5.41) is 8.95. The molecule has 1 saturated heterocycles. The Hall–Kier alpha value is -2.55. The summed E-state index contributed by atoms with van der Waals surface area (Å²) in [7, 11) is 0. The first kappa shape index (κ1) is 14.9. The molecule has 0 bridgehead atoms. The average molecular weight is 287 g/mol. The van der Waals surface area contributed by atoms with Gasteiger partial charge in [-0.05, 0) is 19.1 Å². The smallest absolute Gasteiger partial charge is 0.242 e. The van der Waals surface area contributed by atoms with Crippen LogP contribution in [0.25, 0.3) is 0 Å². The standard InChI is InChI=1S/C15H17N3O3/c1-2-17-10-15(20)18(11-14(17)19)7-8-21-13-6-4-3-5-12(13)9-16/h3-6H,2,7-8,10-11H2,1H3. The molecule has 1 aliphatic heterocycles. The predicted molar refractivity (Wildman–Crippen MR) is 75.5 cm³/mol. The lowest BCUT2D eigenvalue weighted by Gasteiger charge is -2.33. The Labute approximate surface area is 123 Å². The first-order valence-electron chi connectivity index (χ1n) is 6.83. The van der Waals surface area contributed by atoms with Gasteiger partial charge in [0.2, 0.25) is 11.8 Å². The minimum absolute atomic E-state index is 0.0467. The minimum Gasteiger partial charge on any atom is -0.490 e. The van der Waals surface area contributed by atoms with Crippen molar-refractivity contribution in [2.45, 2.75) is 6.92 Å². The molecule has 0 atom stereocenters. The van der Waals surface area contributed by atoms with Gasteiger partial charge in [0, 0.05) is 6.54 Å². The summed E-state index contributed by atoms with van der Waals surface area (Å²) in [6.07, 6.45) is 0. The van der Waals surface area contributed by atoms with Crippen molar-refractivity contribution >= 4 is 11.8 Å². The van der Waals surface area contributed by atoms with Crippen molar-refractivity contribution in [1.29, 1.82) is 5.26 Å². The van der Waals surface area contributed by atoms with Gasteiger partial charge in [-0.15, -0.1) is 0 Å². The average Bonchev–Trinajstić information content (AvgIpc) is 2.50. The second-order valence-corrected chi connectivity index (χ2v) is 4.68. The molecule has 1 aliphatic rings. The summed E-state index contributed by atoms with van der Waals surface area (Å²) in [5.41, 5.74) is 0.454. The summed E-state index contributed by atoms with van der Waals surface area (Å²) >= 11 is 0. The summed E-state index contributed by atoms with van der Waals surface area (Å²) < 4.78 is 5.53. The van der Waals surface area contributed by atoms with Crippen LogP contribution in [-0.2, 0) is 9.59 Å². The van der Waals surface area contributed by atoms with E-state index in [1.165, 1.54) is 9.80 Å². The predicted octanol–water partition coefficient (Wildman–Crippen LogP) is 0.628. The highest BCUT2D eigenvalue weighted by Gasteiger charge is 2.28. The molecular weight excluding hydrogens is 270 g/mol. The van der Waals surface area contributed by atoms with E-state index in [0.717, 1.165) is 0 Å². The van der Waals surface area contributed by atoms with Crippen molar-refractivity contribution < 1.29 is 14.3 Å². The van der Waals surface area contributed by atoms with Gasteiger partial charge < -0.3 is 14.5 Å². The number of nitriles is 1. The lowest BCUT2D eigenvalue weighted by molar-refractivity contribution is -0.150. The molecule has 2 amide bonds. The fourth-order valence-electron chi connectivity index (χ4n) is 2.15. The molecule has 0 radical (unpaired) electrons. The first-order valence-corrected chi connectivity index (χ1v) is 6.83. The molecule has 1 aromatic carbocycles. The van der Waals surface area contributed by atoms with Crippen LogP contribution < -0.4 is 4.74 Å². The lowest BCUT2D eigenvalue weighted by atomic mass is 10.2. The van der Waals surface area contributed by atoms with Gasteiger partial charge >= 0.3 is 0 Å². The monoisotopic (exact) mass is 287 g/mol. The highest BCUT2D eigenvalue weighted by Crippen LogP contribution is 2.16. The molecule has 0 saturated carbocycles. The van der Waals surface area contributed by atoms with E-state index in [4.69, 9.17) is 10.00 Å². The first-order chi connectivity index (χ1) is 10.2. The van der Waals surface area contributed by atoms with Crippen LogP contribution in [0.5, 0.6) is 5.75 Å². The van der Waals surface area contributed by atoms with Crippen molar-refractivity contribution in [2.75, 3.05) is 32.8 Å². The molecule has 0 aliphatic carbocycles. The highest BCUT2D eigenvalue weighted by molar-refractivity contribution is 5.92. The van der Waals surface area contributed by atoms with Crippen LogP contribution in [-0.4, -0.2) is 54.4 Å². The number of ether oxygens (including phenoxy) is 1. The second kappa shape index (κ2) is 6.75. The highest BCUT2D eigenvalue weighted by atomic mass is 16.5. The van der Waals surface area contributed by atoms with Crippen LogP contribution in [0, 0.1) is 11.3 Å². The van der Waals surface area contributed by atoms with Crippen molar-refractivity contribution in [1.82, 2.24) is 9.80 Å². The topological polar surface area (TPSA) is 73.6 Å². The van der Waals surface area contributed by atoms with E-state index in [2.05, 4.69) is 0 Å². The Morgan fingerprint density at radius 2 is 1.86 bits per heavy atom. The van der Waals surface area contributed by atoms with Gasteiger partial charge in [0.1, 0.15) is 18.4 Å². The lowest BCUT2D eigenvalue weighted by Crippen LogP contribution is -2.54. The Bertz CT molecular complexity index is 580. The number of likely N-dealkylation sites (N-methyl/N-ethyl adjacent to an activating group) is 1. The van der Waals surface area contributed by atoms with Crippen LogP contribution in [0.4, 0.5) is 0 Å². The fourth-order valence-corrected chi connectivity index (χ4v) is 2.15. The molecule has 0 spiro atoms. The van der Waals surface area contributed by atoms with E-state index in [9.17, 15) is 9.59 Å². The van der Waals surface area contributed by atoms with Crippen LogP contribution in [0.15, 0.2) is 24.3 Å². The molecule has 110 valence electrons. The van der Waals surface area contributed by atoms with E-state index in [1.807, 2.05) is 13.0 Å². The summed E-state index contributed by atoms with van der Waals surface area (Å²) in [5.74, 6) is 0.370. The SMILES string of the molecule is CCN1CC(=O)N(CCOc2ccccc2C#N)CC1=O. The molecule has 6 heteroatoms. The Balaban J connectivity index is 1.88. The van der Waals surface area contributed by atoms with Gasteiger partial charge in [-0.3, -0.25) is 9.59 Å². The minimum atomic E-state index is -0.0754. The quantitative estimate of drug-likeness (QED) is 0.796. The number of carbonyl (C=O) groups is 2. The molecule has 6 nitrogen and oxygen atoms in total. The third-order valence-corrected chi connectivity index (χ3v) is 3.37. The summed E-state index contributed by atoms with van der Waals surface area (Å²) in [6.45, 7) is 3.21. The third kappa shape index (κ3) is 3.51. The maximum absolute atomic E-state index is 11.9. The molecular formula is C15H17N3O3. The van der Waals surface area contributed by atoms with Gasteiger partial charge in [0.15, 0.2) is 0 Å². The zero-order chi connectivity index (χ0) is 15.2. The van der Waals surface area contributed by atoms with Crippen LogP contribution in [0.1, 0.15) is 12.5 Å². The summed E-state index contributed by atoms with van der Waals surface area (Å²) in [4.78, 5) is 26.7. The number of nitrogens with zero attached hydrogens (tertiary/aromatic N) is 3. The van der Waals surface area contributed by atoms with Gasteiger partial charge in [0.05, 0.1) is 25.2 Å². The zero-order valence-corrected chi connectivity index (χ0v) is 11.9.